The van der Waals surface area contributed by atoms with Gasteiger partial charge >= 0.3 is 5.97 Å². The second kappa shape index (κ2) is 5.87. The average Bonchev–Trinajstić information content (AvgIpc) is 2.26. The maximum absolute atomic E-state index is 13.2. The molecule has 100 valence electrons. The van der Waals surface area contributed by atoms with E-state index in [1.165, 1.54) is 0 Å². The Morgan fingerprint density at radius 2 is 2.06 bits per heavy atom. The second-order valence-corrected chi connectivity index (χ2v) is 4.94. The highest BCUT2D eigenvalue weighted by molar-refractivity contribution is 7.89. The Bertz CT molecular complexity index is 545. The van der Waals surface area contributed by atoms with Gasteiger partial charge in [-0.15, -0.1) is 0 Å². The smallest absolute Gasteiger partial charge is 0.321 e. The first-order chi connectivity index (χ1) is 8.36. The molecular formula is C10H11F2NO4S. The Labute approximate surface area is 103 Å². The number of benzene rings is 1. The van der Waals surface area contributed by atoms with Crippen LogP contribution in [0, 0.1) is 11.6 Å². The van der Waals surface area contributed by atoms with E-state index in [1.807, 2.05) is 4.72 Å². The lowest BCUT2D eigenvalue weighted by Crippen LogP contribution is -2.31. The van der Waals surface area contributed by atoms with Crippen molar-refractivity contribution in [1.29, 1.82) is 0 Å². The summed E-state index contributed by atoms with van der Waals surface area (Å²) >= 11 is 0. The van der Waals surface area contributed by atoms with Crippen LogP contribution in [-0.4, -0.2) is 27.5 Å². The van der Waals surface area contributed by atoms with Gasteiger partial charge in [0.1, 0.15) is 23.1 Å². The zero-order chi connectivity index (χ0) is 13.8. The lowest BCUT2D eigenvalue weighted by molar-refractivity contribution is -0.141. The zero-order valence-corrected chi connectivity index (χ0v) is 10.3. The predicted molar refractivity (Wildman–Crippen MR) is 58.2 cm³/mol. The highest BCUT2D eigenvalue weighted by Crippen LogP contribution is 2.14. The highest BCUT2D eigenvalue weighted by atomic mass is 32.2. The molecular weight excluding hydrogens is 268 g/mol. The van der Waals surface area contributed by atoms with E-state index in [0.29, 0.717) is 6.07 Å². The fraction of sp³-hybridized carbons (Fsp3) is 0.300. The first kappa shape index (κ1) is 14.5. The maximum Gasteiger partial charge on any atom is 0.321 e. The molecule has 1 aromatic carbocycles. The van der Waals surface area contributed by atoms with Gasteiger partial charge in [0, 0.05) is 6.07 Å². The Morgan fingerprint density at radius 1 is 1.39 bits per heavy atom. The normalized spacial score (nSPS) is 11.3. The molecule has 18 heavy (non-hydrogen) atoms. The van der Waals surface area contributed by atoms with Gasteiger partial charge in [-0.2, -0.15) is 4.72 Å². The van der Waals surface area contributed by atoms with Crippen molar-refractivity contribution in [3.8, 4) is 0 Å². The van der Waals surface area contributed by atoms with E-state index in [2.05, 4.69) is 4.74 Å². The van der Waals surface area contributed by atoms with E-state index in [-0.39, 0.29) is 6.61 Å². The molecule has 0 atom stereocenters. The zero-order valence-electron chi connectivity index (χ0n) is 9.44. The summed E-state index contributed by atoms with van der Waals surface area (Å²) in [4.78, 5) is 10.2. The lowest BCUT2D eigenvalue weighted by atomic mass is 10.3. The Hall–Kier alpha value is -1.54. The molecule has 0 aliphatic heterocycles. The lowest BCUT2D eigenvalue weighted by Gasteiger charge is -2.07. The molecule has 0 saturated heterocycles. The van der Waals surface area contributed by atoms with Crippen LogP contribution >= 0.6 is 0 Å². The minimum absolute atomic E-state index is 0.103. The molecule has 1 aromatic rings. The number of hydrogen-bond acceptors (Lipinski definition) is 4. The summed E-state index contributed by atoms with van der Waals surface area (Å²) in [5.41, 5.74) is 0. The van der Waals surface area contributed by atoms with Crippen LogP contribution in [0.1, 0.15) is 6.92 Å². The van der Waals surface area contributed by atoms with Crippen LogP contribution < -0.4 is 4.72 Å². The molecule has 0 spiro atoms. The molecule has 1 rings (SSSR count). The summed E-state index contributed by atoms with van der Waals surface area (Å²) in [5.74, 6) is -2.91. The SMILES string of the molecule is CCOC(=O)CNS(=O)(=O)c1ccc(F)cc1F. The van der Waals surface area contributed by atoms with Crippen molar-refractivity contribution in [3.63, 3.8) is 0 Å². The van der Waals surface area contributed by atoms with Crippen LogP contribution in [0.25, 0.3) is 0 Å². The minimum atomic E-state index is -4.21. The number of carbonyl (C=O) groups excluding carboxylic acids is 1. The number of ether oxygens (including phenoxy) is 1. The van der Waals surface area contributed by atoms with E-state index in [4.69, 9.17) is 0 Å². The molecule has 0 radical (unpaired) electrons. The number of hydrogen-bond donors (Lipinski definition) is 1. The van der Waals surface area contributed by atoms with Gasteiger partial charge in [-0.05, 0) is 19.1 Å². The molecule has 0 unspecified atom stereocenters. The van der Waals surface area contributed by atoms with Gasteiger partial charge in [0.25, 0.3) is 0 Å². The van der Waals surface area contributed by atoms with Gasteiger partial charge in [0.05, 0.1) is 6.61 Å². The van der Waals surface area contributed by atoms with Crippen molar-refractivity contribution in [2.24, 2.45) is 0 Å². The predicted octanol–water partition coefficient (Wildman–Crippen LogP) is 0.806. The number of rotatable bonds is 5. The highest BCUT2D eigenvalue weighted by Gasteiger charge is 2.20. The first-order valence-corrected chi connectivity index (χ1v) is 6.45. The molecule has 0 aliphatic rings. The Morgan fingerprint density at radius 3 is 2.61 bits per heavy atom. The standard InChI is InChI=1S/C10H11F2NO4S/c1-2-17-10(14)6-13-18(15,16)9-4-3-7(11)5-8(9)12/h3-5,13H,2,6H2,1H3. The maximum atomic E-state index is 13.2. The summed E-state index contributed by atoms with van der Waals surface area (Å²) in [6.07, 6.45) is 0. The molecule has 0 fully saturated rings. The summed E-state index contributed by atoms with van der Waals surface area (Å²) in [6, 6.07) is 2.03. The molecule has 1 N–H and O–H groups in total. The molecule has 0 aromatic heterocycles. The molecule has 0 bridgehead atoms. The van der Waals surface area contributed by atoms with Crippen molar-refractivity contribution in [1.82, 2.24) is 4.72 Å². The molecule has 8 heteroatoms. The fourth-order valence-corrected chi connectivity index (χ4v) is 2.16. The van der Waals surface area contributed by atoms with Crippen molar-refractivity contribution in [2.75, 3.05) is 13.2 Å². The third kappa shape index (κ3) is 3.74. The number of carbonyl (C=O) groups is 1. The molecule has 0 heterocycles. The van der Waals surface area contributed by atoms with Gasteiger partial charge in [0.15, 0.2) is 0 Å². The summed E-state index contributed by atoms with van der Waals surface area (Å²) in [7, 11) is -4.21. The van der Waals surface area contributed by atoms with Crippen LogP contribution in [0.5, 0.6) is 0 Å². The first-order valence-electron chi connectivity index (χ1n) is 4.97. The fourth-order valence-electron chi connectivity index (χ4n) is 1.14. The van der Waals surface area contributed by atoms with Gasteiger partial charge in [-0.3, -0.25) is 4.79 Å². The van der Waals surface area contributed by atoms with Crippen LogP contribution in [0.2, 0.25) is 0 Å². The van der Waals surface area contributed by atoms with Crippen LogP contribution in [-0.2, 0) is 19.6 Å². The van der Waals surface area contributed by atoms with E-state index in [9.17, 15) is 22.0 Å². The Kier molecular flexibility index (Phi) is 4.74. The quantitative estimate of drug-likeness (QED) is 0.809. The van der Waals surface area contributed by atoms with Crippen LogP contribution in [0.3, 0.4) is 0 Å². The number of esters is 1. The second-order valence-electron chi connectivity index (χ2n) is 3.20. The summed E-state index contributed by atoms with van der Waals surface area (Å²) < 4.78 is 55.4. The van der Waals surface area contributed by atoms with E-state index < -0.39 is 39.1 Å². The van der Waals surface area contributed by atoms with Crippen molar-refractivity contribution in [2.45, 2.75) is 11.8 Å². The third-order valence-electron chi connectivity index (χ3n) is 1.90. The van der Waals surface area contributed by atoms with Crippen molar-refractivity contribution < 1.29 is 26.7 Å². The minimum Gasteiger partial charge on any atom is -0.465 e. The van der Waals surface area contributed by atoms with Gasteiger partial charge < -0.3 is 4.74 Å². The number of halogens is 2. The summed E-state index contributed by atoms with van der Waals surface area (Å²) in [6.45, 7) is 1.05. The largest absolute Gasteiger partial charge is 0.465 e. The molecule has 0 saturated carbocycles. The van der Waals surface area contributed by atoms with Crippen molar-refractivity contribution >= 4 is 16.0 Å². The van der Waals surface area contributed by atoms with Gasteiger partial charge in [-0.25, -0.2) is 17.2 Å². The van der Waals surface area contributed by atoms with Crippen LogP contribution in [0.15, 0.2) is 23.1 Å². The third-order valence-corrected chi connectivity index (χ3v) is 3.33. The monoisotopic (exact) mass is 279 g/mol. The van der Waals surface area contributed by atoms with Crippen molar-refractivity contribution in [3.05, 3.63) is 29.8 Å². The van der Waals surface area contributed by atoms with E-state index in [0.717, 1.165) is 12.1 Å². The number of sulfonamides is 1. The van der Waals surface area contributed by atoms with E-state index in [1.54, 1.807) is 6.92 Å². The van der Waals surface area contributed by atoms with Gasteiger partial charge in [-0.1, -0.05) is 0 Å². The molecule has 5 nitrogen and oxygen atoms in total. The van der Waals surface area contributed by atoms with Gasteiger partial charge in [0.2, 0.25) is 10.0 Å². The summed E-state index contributed by atoms with van der Waals surface area (Å²) in [5, 5.41) is 0. The average molecular weight is 279 g/mol. The van der Waals surface area contributed by atoms with E-state index >= 15 is 0 Å². The molecule has 0 aliphatic carbocycles. The van der Waals surface area contributed by atoms with Crippen LogP contribution in [0.4, 0.5) is 8.78 Å². The Balaban J connectivity index is 2.83. The topological polar surface area (TPSA) is 72.5 Å². The molecule has 0 amide bonds. The number of nitrogens with one attached hydrogen (secondary N) is 1.